The molecular weight excluding hydrogens is 1740 g/mol. The third-order valence-corrected chi connectivity index (χ3v) is 20.2. The molecule has 0 heterocycles. The standard InChI is InChI=1S/C21H28N2O2.C19H22N2O3.C17H18F2N2O2.C17H20N2O2.C16H17FN2O2.C16H17N3O3/c1-16(2)13-15-25-20-10-8-19(9-11-20)23-21(24)22-14-12-18-6-4-17(3)5-7-18;22-17-7-3-14(4-8-17)11-12-20-19(23)21-16-5-9-18(10-6-16)24-13-15-1-2-15;1-17(18,19)13-4-6-14(7-5-13)21-16(23)20-11-10-12-2-8-15(22)9-3-12;1-13-3-5-14(6-4-13)11-12-18-17(20)19-15-7-9-16(21-2)10-8-15;1-11-8-13(17)10-14(9-11)19-16(21)18-7-6-12-2-4-15(20)5-3-12;1-19(22)14-4-2-3-13(11-14)18-16(21)17-10-9-12-5-7-15(20)8-6-12/h4-11,16H,12-15H2,1-3H3,(H2,22,23,24);3-10,15,22H,1-2,11-13H2,(H2,20,21,23);2-9,22H,10-11H2,1H3,(H2,20,21,23);3-10H,11-12H2,1-2H3,(H2,18,19,20);2-5,8-10,20H,6-7H2,1H3,(H2,18,19,21);2-8,11,20H,1,9-10H2,(H2,17,18,21). The summed E-state index contributed by atoms with van der Waals surface area (Å²) >= 11 is 0. The summed E-state index contributed by atoms with van der Waals surface area (Å²) in [5.41, 5.74) is 13.6. The molecular formula is C106H122F3N13O14. The Hall–Kier alpha value is -15.9. The Balaban J connectivity index is 0.000000201. The number of urea groups is 6. The SMILES string of the molecule is C=[N+]([O-])c1cccc(NC(=O)NCCc2ccc(O)cc2)c1.CC(F)(F)c1ccc(NC(=O)NCCc2ccc(O)cc2)cc1.COc1ccc(NC(=O)NCCc2ccc(C)cc2)cc1.Cc1cc(F)cc(NC(=O)NCCc2ccc(O)cc2)c1.Cc1ccc(CCNC(=O)Nc2ccc(OCCC(C)C)cc2)cc1.O=C(NCCc1ccc(O)cc1)Nc1ccc(OCC2CC2)cc1. The van der Waals surface area contributed by atoms with Gasteiger partial charge in [0.05, 0.1) is 20.3 Å². The zero-order valence-electron chi connectivity index (χ0n) is 77.5. The maximum absolute atomic E-state index is 13.2. The van der Waals surface area contributed by atoms with Crippen molar-refractivity contribution in [3.8, 4) is 40.2 Å². The van der Waals surface area contributed by atoms with Crippen LogP contribution < -0.4 is 78.0 Å². The van der Waals surface area contributed by atoms with Gasteiger partial charge in [0.25, 0.3) is 5.92 Å². The van der Waals surface area contributed by atoms with Crippen molar-refractivity contribution in [3.05, 3.63) is 352 Å². The number of nitrogens with zero attached hydrogens (tertiary/aromatic N) is 1. The van der Waals surface area contributed by atoms with Crippen LogP contribution in [0.15, 0.2) is 285 Å². The normalized spacial score (nSPS) is 10.9. The van der Waals surface area contributed by atoms with Crippen LogP contribution in [0.1, 0.15) is 95.7 Å². The Morgan fingerprint density at radius 2 is 0.691 bits per heavy atom. The zero-order chi connectivity index (χ0) is 98.0. The maximum atomic E-state index is 13.2. The van der Waals surface area contributed by atoms with Gasteiger partial charge in [-0.05, 0) is 287 Å². The molecule has 136 heavy (non-hydrogen) atoms. The van der Waals surface area contributed by atoms with Gasteiger partial charge in [-0.1, -0.05) is 140 Å². The highest BCUT2D eigenvalue weighted by Gasteiger charge is 2.24. The van der Waals surface area contributed by atoms with E-state index in [1.165, 1.54) is 71.5 Å². The Morgan fingerprint density at radius 3 is 0.993 bits per heavy atom. The van der Waals surface area contributed by atoms with Crippen LogP contribution >= 0.6 is 0 Å². The van der Waals surface area contributed by atoms with E-state index in [0.29, 0.717) is 105 Å². The Bertz CT molecular complexity index is 5630. The lowest BCUT2D eigenvalue weighted by molar-refractivity contribution is -0.349. The van der Waals surface area contributed by atoms with Gasteiger partial charge in [-0.25, -0.2) is 41.9 Å². The number of carbonyl (C=O) groups is 6. The smallest absolute Gasteiger partial charge is 0.319 e. The van der Waals surface area contributed by atoms with Gasteiger partial charge in [0.15, 0.2) is 0 Å². The maximum Gasteiger partial charge on any atom is 0.319 e. The number of alkyl halides is 2. The van der Waals surface area contributed by atoms with Crippen molar-refractivity contribution in [2.75, 3.05) is 91.5 Å². The summed E-state index contributed by atoms with van der Waals surface area (Å²) in [6.07, 6.45) is 7.83. The fourth-order valence-electron chi connectivity index (χ4n) is 12.4. The summed E-state index contributed by atoms with van der Waals surface area (Å²) in [5, 5.41) is 80.7. The first-order valence-corrected chi connectivity index (χ1v) is 44.6. The van der Waals surface area contributed by atoms with Crippen molar-refractivity contribution in [2.24, 2.45) is 11.8 Å². The van der Waals surface area contributed by atoms with Gasteiger partial charge >= 0.3 is 36.2 Å². The monoisotopic (exact) mass is 1860 g/mol. The first kappa shape index (κ1) is 105. The topological polar surface area (TPSA) is 381 Å². The minimum absolute atomic E-state index is 0.101. The zero-order valence-corrected chi connectivity index (χ0v) is 77.5. The molecule has 0 unspecified atom stereocenters. The summed E-state index contributed by atoms with van der Waals surface area (Å²) in [5.74, 6) is 1.37. The van der Waals surface area contributed by atoms with E-state index in [2.05, 4.69) is 147 Å². The molecule has 12 amide bonds. The Morgan fingerprint density at radius 1 is 0.390 bits per heavy atom. The third-order valence-electron chi connectivity index (χ3n) is 20.2. The number of phenolic OH excluding ortho intramolecular Hbond substituents is 4. The van der Waals surface area contributed by atoms with Crippen LogP contribution in [-0.2, 0) is 44.4 Å². The van der Waals surface area contributed by atoms with Crippen LogP contribution in [0, 0.1) is 43.6 Å². The van der Waals surface area contributed by atoms with Crippen LogP contribution in [0.3, 0.4) is 0 Å². The van der Waals surface area contributed by atoms with Crippen molar-refractivity contribution in [1.29, 1.82) is 0 Å². The van der Waals surface area contributed by atoms with E-state index in [1.807, 2.05) is 72.8 Å². The van der Waals surface area contributed by atoms with Crippen molar-refractivity contribution in [3.63, 3.8) is 0 Å². The van der Waals surface area contributed by atoms with E-state index >= 15 is 0 Å². The minimum Gasteiger partial charge on any atom is -0.619 e. The van der Waals surface area contributed by atoms with Crippen LogP contribution in [0.5, 0.6) is 40.2 Å². The average Bonchev–Trinajstić information content (AvgIpc) is 0.984. The van der Waals surface area contributed by atoms with E-state index in [0.717, 1.165) is 101 Å². The molecule has 1 aliphatic rings. The molecule has 0 atom stereocenters. The molecule has 12 aromatic carbocycles. The number of halogens is 3. The molecule has 12 aromatic rings. The largest absolute Gasteiger partial charge is 0.619 e. The van der Waals surface area contributed by atoms with E-state index in [1.54, 1.807) is 141 Å². The number of nitrogens with one attached hydrogen (secondary N) is 12. The second-order valence-corrected chi connectivity index (χ2v) is 32.4. The van der Waals surface area contributed by atoms with E-state index in [-0.39, 0.29) is 64.5 Å². The van der Waals surface area contributed by atoms with Crippen molar-refractivity contribution in [1.82, 2.24) is 31.9 Å². The lowest BCUT2D eigenvalue weighted by atomic mass is 10.1. The minimum atomic E-state index is -2.90. The molecule has 0 aliphatic heterocycles. The van der Waals surface area contributed by atoms with Gasteiger partial charge in [-0.3, -0.25) is 0 Å². The summed E-state index contributed by atoms with van der Waals surface area (Å²) in [7, 11) is 1.61. The fourth-order valence-corrected chi connectivity index (χ4v) is 12.4. The third kappa shape index (κ3) is 43.9. The Labute approximate surface area is 792 Å². The number of ether oxygens (including phenoxy) is 3. The van der Waals surface area contributed by atoms with Crippen LogP contribution in [0.2, 0.25) is 0 Å². The first-order valence-electron chi connectivity index (χ1n) is 44.6. The lowest BCUT2D eigenvalue weighted by Crippen LogP contribution is -2.30. The molecule has 30 heteroatoms. The molecule has 27 nitrogen and oxygen atoms in total. The highest BCUT2D eigenvalue weighted by Crippen LogP contribution is 2.31. The quantitative estimate of drug-likeness (QED) is 0.00772. The summed E-state index contributed by atoms with van der Waals surface area (Å²) in [6, 6.07) is 80.6. The van der Waals surface area contributed by atoms with Crippen molar-refractivity contribution >= 4 is 82.7 Å². The van der Waals surface area contributed by atoms with E-state index in [4.69, 9.17) is 19.3 Å². The number of hydrogen-bond donors (Lipinski definition) is 16. The molecule has 0 radical (unpaired) electrons. The molecule has 1 fully saturated rings. The molecule has 1 saturated carbocycles. The van der Waals surface area contributed by atoms with Crippen molar-refractivity contribution in [2.45, 2.75) is 105 Å². The number of carbonyl (C=O) groups excluding carboxylic acids is 6. The molecule has 16 N–H and O–H groups in total. The van der Waals surface area contributed by atoms with Crippen molar-refractivity contribution < 1.29 is 81.3 Å². The van der Waals surface area contributed by atoms with Gasteiger partial charge in [-0.2, -0.15) is 4.74 Å². The van der Waals surface area contributed by atoms with Gasteiger partial charge < -0.3 is 104 Å². The van der Waals surface area contributed by atoms with Crippen LogP contribution in [0.25, 0.3) is 0 Å². The number of aromatic hydroxyl groups is 4. The van der Waals surface area contributed by atoms with Gasteiger partial charge in [0.2, 0.25) is 5.69 Å². The number of aryl methyl sites for hydroxylation is 3. The van der Waals surface area contributed by atoms with E-state index < -0.39 is 12.0 Å². The number of rotatable bonds is 34. The number of methoxy groups -OCH3 is 1. The Kier molecular flexibility index (Phi) is 44.0. The average molecular weight is 1860 g/mol. The predicted molar refractivity (Wildman–Crippen MR) is 532 cm³/mol. The van der Waals surface area contributed by atoms with Gasteiger partial charge in [-0.15, -0.1) is 0 Å². The number of amides is 12. The van der Waals surface area contributed by atoms with Crippen LogP contribution in [0.4, 0.5) is 81.8 Å². The fraction of sp³-hybridized carbons (Fsp3) is 0.255. The lowest BCUT2D eigenvalue weighted by Gasteiger charge is -2.12. The summed E-state index contributed by atoms with van der Waals surface area (Å²) in [6.45, 7) is 18.9. The molecule has 0 aromatic heterocycles. The number of hydrogen-bond acceptors (Lipinski definition) is 14. The van der Waals surface area contributed by atoms with Gasteiger partial charge in [0.1, 0.15) is 52.8 Å². The highest BCUT2D eigenvalue weighted by atomic mass is 19.3. The molecule has 0 bridgehead atoms. The second kappa shape index (κ2) is 56.8. The molecule has 716 valence electrons. The number of benzene rings is 12. The molecule has 1 aliphatic carbocycles. The highest BCUT2D eigenvalue weighted by molar-refractivity contribution is 5.92. The predicted octanol–water partition coefficient (Wildman–Crippen LogP) is 21.4. The summed E-state index contributed by atoms with van der Waals surface area (Å²) < 4.78 is 56.2. The van der Waals surface area contributed by atoms with Gasteiger partial charge in [0, 0.05) is 98.0 Å². The second-order valence-electron chi connectivity index (χ2n) is 32.4. The number of phenols is 4. The van der Waals surface area contributed by atoms with Crippen LogP contribution in [-0.4, -0.2) is 128 Å². The van der Waals surface area contributed by atoms with E-state index in [9.17, 15) is 62.5 Å². The molecule has 0 saturated heterocycles. The molecule has 13 rings (SSSR count). The molecule has 0 spiro atoms. The first-order chi connectivity index (χ1) is 65.3. The summed E-state index contributed by atoms with van der Waals surface area (Å²) in [4.78, 5) is 70.8. The number of anilines is 6.